The zero-order valence-corrected chi connectivity index (χ0v) is 9.27. The van der Waals surface area contributed by atoms with Gasteiger partial charge in [-0.3, -0.25) is 0 Å². The summed E-state index contributed by atoms with van der Waals surface area (Å²) in [6.45, 7) is 1.73. The third-order valence-electron chi connectivity index (χ3n) is 1.93. The van der Waals surface area contributed by atoms with Gasteiger partial charge in [-0.1, -0.05) is 0 Å². The van der Waals surface area contributed by atoms with E-state index < -0.39 is 18.1 Å². The van der Waals surface area contributed by atoms with Crippen LogP contribution < -0.4 is 5.32 Å². The summed E-state index contributed by atoms with van der Waals surface area (Å²) in [5, 5.41) is 2.32. The molecule has 1 N–H and O–H groups in total. The van der Waals surface area contributed by atoms with E-state index in [1.54, 1.807) is 19.1 Å². The molecule has 0 spiro atoms. The molecule has 1 unspecified atom stereocenters. The number of hydrogen-bond acceptors (Lipinski definition) is 5. The second kappa shape index (κ2) is 5.20. The fraction of sp³-hybridized carbons (Fsp3) is 0.400. The second-order valence-electron chi connectivity index (χ2n) is 3.04. The van der Waals surface area contributed by atoms with Crippen LogP contribution in [0.2, 0.25) is 0 Å². The number of aryl methyl sites for hydroxylation is 1. The number of methoxy groups -OCH3 is 2. The van der Waals surface area contributed by atoms with E-state index in [9.17, 15) is 9.59 Å². The third kappa shape index (κ3) is 2.75. The van der Waals surface area contributed by atoms with E-state index in [0.29, 0.717) is 11.5 Å². The first-order valence-corrected chi connectivity index (χ1v) is 4.57. The van der Waals surface area contributed by atoms with Crippen molar-refractivity contribution < 1.29 is 23.5 Å². The molecule has 1 amide bonds. The van der Waals surface area contributed by atoms with Gasteiger partial charge in [0.2, 0.25) is 0 Å². The van der Waals surface area contributed by atoms with Crippen molar-refractivity contribution in [2.24, 2.45) is 0 Å². The van der Waals surface area contributed by atoms with Crippen LogP contribution in [0.1, 0.15) is 17.6 Å². The maximum atomic E-state index is 11.4. The topological polar surface area (TPSA) is 77.8 Å². The summed E-state index contributed by atoms with van der Waals surface area (Å²) >= 11 is 0. The molecule has 0 aliphatic heterocycles. The predicted molar refractivity (Wildman–Crippen MR) is 53.7 cm³/mol. The van der Waals surface area contributed by atoms with Gasteiger partial charge in [0, 0.05) is 0 Å². The van der Waals surface area contributed by atoms with Crippen molar-refractivity contribution in [3.63, 3.8) is 0 Å². The van der Waals surface area contributed by atoms with Crippen molar-refractivity contribution in [3.8, 4) is 0 Å². The number of hydrogen-bond donors (Lipinski definition) is 1. The van der Waals surface area contributed by atoms with E-state index in [2.05, 4.69) is 14.8 Å². The average molecular weight is 227 g/mol. The highest BCUT2D eigenvalue weighted by Crippen LogP contribution is 2.17. The summed E-state index contributed by atoms with van der Waals surface area (Å²) in [4.78, 5) is 22.5. The summed E-state index contributed by atoms with van der Waals surface area (Å²) in [6.07, 6.45) is -0.732. The molecule has 6 heteroatoms. The number of nitrogens with one attached hydrogen (secondary N) is 1. The van der Waals surface area contributed by atoms with Crippen molar-refractivity contribution in [2.45, 2.75) is 13.0 Å². The maximum Gasteiger partial charge on any atom is 0.407 e. The maximum absolute atomic E-state index is 11.4. The van der Waals surface area contributed by atoms with Gasteiger partial charge >= 0.3 is 12.1 Å². The molecule has 16 heavy (non-hydrogen) atoms. The monoisotopic (exact) mass is 227 g/mol. The number of furan rings is 1. The number of amides is 1. The predicted octanol–water partition coefficient (Wildman–Crippen LogP) is 1.16. The zero-order valence-electron chi connectivity index (χ0n) is 9.27. The van der Waals surface area contributed by atoms with Crippen LogP contribution in [0.4, 0.5) is 4.79 Å². The summed E-state index contributed by atoms with van der Waals surface area (Å²) in [7, 11) is 2.43. The fourth-order valence-corrected chi connectivity index (χ4v) is 1.15. The molecule has 0 radical (unpaired) electrons. The van der Waals surface area contributed by atoms with Gasteiger partial charge in [-0.25, -0.2) is 9.59 Å². The van der Waals surface area contributed by atoms with Gasteiger partial charge in [0.05, 0.1) is 14.2 Å². The zero-order chi connectivity index (χ0) is 12.1. The lowest BCUT2D eigenvalue weighted by Gasteiger charge is -2.13. The van der Waals surface area contributed by atoms with E-state index in [1.807, 2.05) is 0 Å². The van der Waals surface area contributed by atoms with Crippen LogP contribution in [0, 0.1) is 6.92 Å². The van der Waals surface area contributed by atoms with Crippen molar-refractivity contribution in [3.05, 3.63) is 23.7 Å². The minimum atomic E-state index is -0.994. The summed E-state index contributed by atoms with van der Waals surface area (Å²) in [5.41, 5.74) is 0. The molecule has 0 aromatic carbocycles. The molecular weight excluding hydrogens is 214 g/mol. The number of rotatable bonds is 3. The number of alkyl carbamates (subject to hydrolysis) is 1. The molecule has 1 atom stereocenters. The SMILES string of the molecule is COC(=O)NC(C(=O)OC)c1ccc(C)o1. The highest BCUT2D eigenvalue weighted by atomic mass is 16.5. The lowest BCUT2D eigenvalue weighted by atomic mass is 10.2. The Morgan fingerprint density at radius 1 is 1.31 bits per heavy atom. The number of carbonyl (C=O) groups excluding carboxylic acids is 2. The molecule has 0 saturated carbocycles. The van der Waals surface area contributed by atoms with Crippen molar-refractivity contribution in [1.82, 2.24) is 5.32 Å². The van der Waals surface area contributed by atoms with Crippen molar-refractivity contribution in [2.75, 3.05) is 14.2 Å². The lowest BCUT2D eigenvalue weighted by Crippen LogP contribution is -2.34. The molecule has 1 aromatic rings. The van der Waals surface area contributed by atoms with Gasteiger partial charge in [0.25, 0.3) is 0 Å². The van der Waals surface area contributed by atoms with E-state index in [0.717, 1.165) is 0 Å². The van der Waals surface area contributed by atoms with Crippen LogP contribution in [0.25, 0.3) is 0 Å². The molecular formula is C10H13NO5. The largest absolute Gasteiger partial charge is 0.467 e. The Kier molecular flexibility index (Phi) is 3.93. The van der Waals surface area contributed by atoms with Crippen molar-refractivity contribution >= 4 is 12.1 Å². The molecule has 1 heterocycles. The minimum Gasteiger partial charge on any atom is -0.467 e. The van der Waals surface area contributed by atoms with Gasteiger partial charge in [0.1, 0.15) is 11.5 Å². The second-order valence-corrected chi connectivity index (χ2v) is 3.04. The van der Waals surface area contributed by atoms with Gasteiger partial charge in [-0.05, 0) is 19.1 Å². The number of ether oxygens (including phenoxy) is 2. The van der Waals surface area contributed by atoms with Gasteiger partial charge in [0.15, 0.2) is 6.04 Å². The van der Waals surface area contributed by atoms with E-state index >= 15 is 0 Å². The van der Waals surface area contributed by atoms with E-state index in [-0.39, 0.29) is 0 Å². The first-order chi connectivity index (χ1) is 7.58. The lowest BCUT2D eigenvalue weighted by molar-refractivity contribution is -0.143. The Labute approximate surface area is 92.5 Å². The highest BCUT2D eigenvalue weighted by molar-refractivity contribution is 5.81. The van der Waals surface area contributed by atoms with Crippen LogP contribution in [-0.4, -0.2) is 26.3 Å². The van der Waals surface area contributed by atoms with E-state index in [1.165, 1.54) is 14.2 Å². The molecule has 0 fully saturated rings. The number of esters is 1. The summed E-state index contributed by atoms with van der Waals surface area (Å²) < 4.78 is 14.2. The van der Waals surface area contributed by atoms with Crippen LogP contribution in [-0.2, 0) is 14.3 Å². The van der Waals surface area contributed by atoms with Crippen LogP contribution in [0.15, 0.2) is 16.5 Å². The third-order valence-corrected chi connectivity index (χ3v) is 1.93. The Morgan fingerprint density at radius 2 is 2.00 bits per heavy atom. The van der Waals surface area contributed by atoms with Gasteiger partial charge in [-0.15, -0.1) is 0 Å². The molecule has 88 valence electrons. The average Bonchev–Trinajstić information content (AvgIpc) is 2.71. The van der Waals surface area contributed by atoms with Gasteiger partial charge in [-0.2, -0.15) is 0 Å². The standard InChI is InChI=1S/C10H13NO5/c1-6-4-5-7(16-6)8(9(12)14-2)11-10(13)15-3/h4-5,8H,1-3H3,(H,11,13). The molecule has 0 aliphatic carbocycles. The normalized spacial score (nSPS) is 11.7. The van der Waals surface area contributed by atoms with Gasteiger partial charge < -0.3 is 19.2 Å². The first-order valence-electron chi connectivity index (χ1n) is 4.57. The quantitative estimate of drug-likeness (QED) is 0.784. The smallest absolute Gasteiger partial charge is 0.407 e. The van der Waals surface area contributed by atoms with Crippen molar-refractivity contribution in [1.29, 1.82) is 0 Å². The molecule has 0 aliphatic rings. The van der Waals surface area contributed by atoms with Crippen LogP contribution in [0.5, 0.6) is 0 Å². The molecule has 0 bridgehead atoms. The Hall–Kier alpha value is -1.98. The fourth-order valence-electron chi connectivity index (χ4n) is 1.15. The van der Waals surface area contributed by atoms with Crippen LogP contribution >= 0.6 is 0 Å². The Bertz CT molecular complexity index is 384. The molecule has 1 rings (SSSR count). The highest BCUT2D eigenvalue weighted by Gasteiger charge is 2.26. The Balaban J connectivity index is 2.87. The summed E-state index contributed by atoms with van der Waals surface area (Å²) in [5.74, 6) is 0.310. The summed E-state index contributed by atoms with van der Waals surface area (Å²) in [6, 6.07) is 2.28. The molecule has 0 saturated heterocycles. The van der Waals surface area contributed by atoms with Crippen LogP contribution in [0.3, 0.4) is 0 Å². The van der Waals surface area contributed by atoms with E-state index in [4.69, 9.17) is 4.42 Å². The number of carbonyl (C=O) groups is 2. The Morgan fingerprint density at radius 3 is 2.44 bits per heavy atom. The molecule has 1 aromatic heterocycles. The molecule has 6 nitrogen and oxygen atoms in total. The first kappa shape index (κ1) is 12.1. The minimum absolute atomic E-state index is 0.301.